The molecular weight excluding hydrogens is 801 g/mol. The number of carbonyl (C=O) groups excluding carboxylic acids is 4. The molecule has 6 heterocycles. The number of benzene rings is 2. The van der Waals surface area contributed by atoms with Crippen molar-refractivity contribution < 1.29 is 33.1 Å². The van der Waals surface area contributed by atoms with E-state index in [1.807, 2.05) is 43.6 Å². The fourth-order valence-electron chi connectivity index (χ4n) is 8.63. The molecule has 0 saturated carbocycles. The molecule has 15 nitrogen and oxygen atoms in total. The Hall–Kier alpha value is -5.68. The highest BCUT2D eigenvalue weighted by molar-refractivity contribution is 7.22. The van der Waals surface area contributed by atoms with Crippen molar-refractivity contribution in [2.45, 2.75) is 83.8 Å². The maximum Gasteiger partial charge on any atom is 0.407 e. The van der Waals surface area contributed by atoms with E-state index in [1.54, 1.807) is 17.5 Å². The number of thiophene rings is 1. The summed E-state index contributed by atoms with van der Waals surface area (Å²) in [5.74, 6) is 1.58. The van der Waals surface area contributed by atoms with Gasteiger partial charge >= 0.3 is 12.2 Å². The Balaban J connectivity index is 1.01. The third-order valence-corrected chi connectivity index (χ3v) is 15.6. The molecule has 316 valence electrons. The zero-order valence-electron chi connectivity index (χ0n) is 35.2. The summed E-state index contributed by atoms with van der Waals surface area (Å²) in [4.78, 5) is 73.2. The van der Waals surface area contributed by atoms with Gasteiger partial charge in [-0.3, -0.25) is 9.59 Å². The van der Waals surface area contributed by atoms with Gasteiger partial charge in [-0.15, -0.1) is 11.3 Å². The third kappa shape index (κ3) is 7.87. The van der Waals surface area contributed by atoms with Crippen LogP contribution in [0.3, 0.4) is 0 Å². The molecule has 4 aromatic heterocycles. The monoisotopic (exact) mass is 852 g/mol. The summed E-state index contributed by atoms with van der Waals surface area (Å²) in [6, 6.07) is 13.6. The standard InChI is InChI=1S/C43H52N8O7SSi/c1-22(2)36(48-42(54)56-5)40(52)50-13-9-10-30(50)39-45-27-14-26-17-34(59-35(26)18-28(27)46-39)25-12-11-24-15-33(58-32(24)16-25)29-19-44-38(47-29)31-20-60(7,8)21-51(31)41(53)37(23(3)4)49-43(55)57-6/h11-12,14-19,22-23,30-31,36-37H,9-10,13,20-21H2,1-8H3,(H,44,47)(H,45,46)(H,48,54)(H,49,55)/t30-,31?,36?,37?/m0/s1. The molecule has 2 fully saturated rings. The number of imidazole rings is 2. The zero-order valence-corrected chi connectivity index (χ0v) is 37.0. The lowest BCUT2D eigenvalue weighted by Gasteiger charge is -2.30. The molecule has 0 radical (unpaired) electrons. The number of carbonyl (C=O) groups is 4. The first kappa shape index (κ1) is 41.1. The molecule has 8 rings (SSSR count). The smallest absolute Gasteiger partial charge is 0.407 e. The van der Waals surface area contributed by atoms with E-state index in [2.05, 4.69) is 70.1 Å². The fraction of sp³-hybridized carbons (Fsp3) is 0.442. The van der Waals surface area contributed by atoms with E-state index < -0.39 is 32.3 Å². The van der Waals surface area contributed by atoms with Gasteiger partial charge in [0.2, 0.25) is 11.8 Å². The first-order valence-electron chi connectivity index (χ1n) is 20.5. The van der Waals surface area contributed by atoms with Crippen molar-refractivity contribution in [2.75, 3.05) is 26.9 Å². The lowest BCUT2D eigenvalue weighted by molar-refractivity contribution is -0.136. The van der Waals surface area contributed by atoms with Gasteiger partial charge in [0.25, 0.3) is 0 Å². The molecule has 17 heteroatoms. The SMILES string of the molecule is COC(=O)NC(C(=O)N1C[Si](C)(C)CC1c1ncc(-c2cc3ccc(-c4cc5cc6[nH]c([C@@H]7CCCN7C(=O)C(NC(=O)OC)C(C)C)nc6cc5s4)cc3o2)[nH]1)C(C)C. The second-order valence-electron chi connectivity index (χ2n) is 17.4. The zero-order chi connectivity index (χ0) is 42.6. The van der Waals surface area contributed by atoms with Gasteiger partial charge in [-0.05, 0) is 72.0 Å². The molecule has 2 aromatic carbocycles. The van der Waals surface area contributed by atoms with Crippen LogP contribution in [0.1, 0.15) is 64.3 Å². The number of aromatic nitrogens is 4. The van der Waals surface area contributed by atoms with Crippen molar-refractivity contribution in [3.63, 3.8) is 0 Å². The predicted octanol–water partition coefficient (Wildman–Crippen LogP) is 8.14. The number of alkyl carbamates (subject to hydrolysis) is 2. The second kappa shape index (κ2) is 16.1. The number of furan rings is 1. The van der Waals surface area contributed by atoms with E-state index in [-0.39, 0.29) is 35.7 Å². The van der Waals surface area contributed by atoms with Gasteiger partial charge in [0, 0.05) is 27.7 Å². The number of H-pyrrole nitrogens is 2. The Morgan fingerprint density at radius 2 is 1.57 bits per heavy atom. The summed E-state index contributed by atoms with van der Waals surface area (Å²) in [6.45, 7) is 12.8. The lowest BCUT2D eigenvalue weighted by atomic mass is 10.0. The molecular formula is C43H52N8O7SSi. The van der Waals surface area contributed by atoms with Crippen LogP contribution in [0.25, 0.3) is 54.0 Å². The summed E-state index contributed by atoms with van der Waals surface area (Å²) in [5, 5.41) is 7.48. The van der Waals surface area contributed by atoms with E-state index >= 15 is 0 Å². The number of nitrogens with one attached hydrogen (secondary N) is 4. The van der Waals surface area contributed by atoms with Gasteiger partial charge < -0.3 is 44.3 Å². The van der Waals surface area contributed by atoms with E-state index in [9.17, 15) is 19.2 Å². The summed E-state index contributed by atoms with van der Waals surface area (Å²) in [5.41, 5.74) is 4.22. The Kier molecular flexibility index (Phi) is 11.0. The van der Waals surface area contributed by atoms with E-state index in [0.717, 1.165) is 72.9 Å². The molecule has 0 bridgehead atoms. The highest BCUT2D eigenvalue weighted by Crippen LogP contribution is 2.41. The summed E-state index contributed by atoms with van der Waals surface area (Å²) >= 11 is 1.68. The number of hydrogen-bond acceptors (Lipinski definition) is 10. The van der Waals surface area contributed by atoms with Gasteiger partial charge in [0.05, 0.1) is 51.6 Å². The number of fused-ring (bicyclic) bond motifs is 3. The summed E-state index contributed by atoms with van der Waals surface area (Å²) in [7, 11) is 0.809. The average Bonchev–Trinajstić information content (AvgIpc) is 4.07. The van der Waals surface area contributed by atoms with Crippen LogP contribution in [0.4, 0.5) is 9.59 Å². The van der Waals surface area contributed by atoms with Crippen LogP contribution in [0.5, 0.6) is 0 Å². The molecule has 6 aromatic rings. The second-order valence-corrected chi connectivity index (χ2v) is 23.6. The highest BCUT2D eigenvalue weighted by atomic mass is 32.1. The molecule has 4 atom stereocenters. The largest absolute Gasteiger partial charge is 0.454 e. The summed E-state index contributed by atoms with van der Waals surface area (Å²) < 4.78 is 17.1. The molecule has 0 aliphatic carbocycles. The molecule has 4 N–H and O–H groups in total. The highest BCUT2D eigenvalue weighted by Gasteiger charge is 2.46. The van der Waals surface area contributed by atoms with Crippen LogP contribution >= 0.6 is 11.3 Å². The van der Waals surface area contributed by atoms with Crippen LogP contribution in [0, 0.1) is 11.8 Å². The minimum atomic E-state index is -1.78. The molecule has 60 heavy (non-hydrogen) atoms. The van der Waals surface area contributed by atoms with Crippen LogP contribution in [-0.4, -0.2) is 101 Å². The number of hydrogen-bond donors (Lipinski definition) is 4. The Bertz CT molecular complexity index is 2560. The van der Waals surface area contributed by atoms with Crippen molar-refractivity contribution >= 4 is 75.5 Å². The number of nitrogens with zero attached hydrogens (tertiary/aromatic N) is 4. The molecule has 2 saturated heterocycles. The van der Waals surface area contributed by atoms with Crippen LogP contribution < -0.4 is 10.6 Å². The predicted molar refractivity (Wildman–Crippen MR) is 233 cm³/mol. The minimum Gasteiger partial charge on any atom is -0.454 e. The minimum absolute atomic E-state index is 0.111. The molecule has 3 unspecified atom stereocenters. The van der Waals surface area contributed by atoms with E-state index in [0.29, 0.717) is 24.3 Å². The Morgan fingerprint density at radius 3 is 2.25 bits per heavy atom. The van der Waals surface area contributed by atoms with Crippen LogP contribution in [0.2, 0.25) is 19.1 Å². The number of aromatic amines is 2. The van der Waals surface area contributed by atoms with Gasteiger partial charge in [-0.25, -0.2) is 19.6 Å². The lowest BCUT2D eigenvalue weighted by Crippen LogP contribution is -2.52. The number of rotatable bonds is 10. The maximum atomic E-state index is 13.9. The number of likely N-dealkylation sites (tertiary alicyclic amines) is 1. The average molecular weight is 853 g/mol. The molecule has 2 aliphatic rings. The normalized spacial score (nSPS) is 18.8. The van der Waals surface area contributed by atoms with E-state index in [1.165, 1.54) is 14.2 Å². The van der Waals surface area contributed by atoms with Gasteiger partial charge in [0.1, 0.15) is 35.0 Å². The van der Waals surface area contributed by atoms with Crippen LogP contribution in [0.15, 0.2) is 53.1 Å². The Labute approximate surface area is 352 Å². The van der Waals surface area contributed by atoms with Crippen LogP contribution in [-0.2, 0) is 19.1 Å². The van der Waals surface area contributed by atoms with Crippen molar-refractivity contribution in [1.29, 1.82) is 0 Å². The van der Waals surface area contributed by atoms with Crippen molar-refractivity contribution in [1.82, 2.24) is 40.4 Å². The first-order chi connectivity index (χ1) is 28.6. The number of methoxy groups -OCH3 is 2. The fourth-order valence-corrected chi connectivity index (χ4v) is 12.6. The number of ether oxygens (including phenoxy) is 2. The van der Waals surface area contributed by atoms with Gasteiger partial charge in [0.15, 0.2) is 5.76 Å². The molecule has 2 aliphatic heterocycles. The van der Waals surface area contributed by atoms with Crippen molar-refractivity contribution in [3.05, 3.63) is 60.3 Å². The van der Waals surface area contributed by atoms with Crippen molar-refractivity contribution in [3.8, 4) is 21.9 Å². The third-order valence-electron chi connectivity index (χ3n) is 11.8. The Morgan fingerprint density at radius 1 is 0.867 bits per heavy atom. The maximum absolute atomic E-state index is 13.9. The first-order valence-corrected chi connectivity index (χ1v) is 24.7. The quantitative estimate of drug-likeness (QED) is 0.0987. The summed E-state index contributed by atoms with van der Waals surface area (Å²) in [6.07, 6.45) is 2.80. The molecule has 4 amide bonds. The van der Waals surface area contributed by atoms with Gasteiger partial charge in [-0.2, -0.15) is 0 Å². The van der Waals surface area contributed by atoms with Gasteiger partial charge in [-0.1, -0.05) is 52.9 Å². The van der Waals surface area contributed by atoms with E-state index in [4.69, 9.17) is 23.9 Å². The molecule has 0 spiro atoms. The van der Waals surface area contributed by atoms with Crippen molar-refractivity contribution in [2.24, 2.45) is 11.8 Å². The number of amides is 4. The topological polar surface area (TPSA) is 188 Å².